The van der Waals surface area contributed by atoms with Gasteiger partial charge in [0.05, 0.1) is 12.2 Å². The number of aromatic nitrogens is 2. The Kier molecular flexibility index (Phi) is 6.22. The Balaban J connectivity index is 1.89. The Morgan fingerprint density at radius 2 is 1.87 bits per heavy atom. The van der Waals surface area contributed by atoms with E-state index in [-0.39, 0.29) is 11.9 Å². The molecule has 1 fully saturated rings. The second kappa shape index (κ2) is 7.95. The molecule has 1 aromatic rings. The summed E-state index contributed by atoms with van der Waals surface area (Å²) < 4.78 is 2.06. The maximum absolute atomic E-state index is 12.1. The molecule has 0 bridgehead atoms. The number of carbonyl (C=O) groups is 1. The minimum Gasteiger partial charge on any atom is -0.352 e. The van der Waals surface area contributed by atoms with E-state index in [0.29, 0.717) is 18.6 Å². The van der Waals surface area contributed by atoms with Gasteiger partial charge in [-0.25, -0.2) is 0 Å². The van der Waals surface area contributed by atoms with Crippen LogP contribution in [0.1, 0.15) is 81.9 Å². The summed E-state index contributed by atoms with van der Waals surface area (Å²) >= 11 is 0. The smallest absolute Gasteiger partial charge is 0.234 e. The Hall–Kier alpha value is -1.36. The SMILES string of the molecule is Cc1nn(C(C)C)c(C)c1[C@H](C)NCC(=O)NC1CCCCC1. The summed E-state index contributed by atoms with van der Waals surface area (Å²) in [5, 5.41) is 11.1. The van der Waals surface area contributed by atoms with Crippen LogP contribution in [-0.4, -0.2) is 28.3 Å². The Labute approximate surface area is 140 Å². The molecular weight excluding hydrogens is 288 g/mol. The van der Waals surface area contributed by atoms with Crippen LogP contribution in [0.25, 0.3) is 0 Å². The molecule has 2 N–H and O–H groups in total. The third kappa shape index (κ3) is 4.56. The molecule has 1 aliphatic carbocycles. The molecular formula is C18H32N4O. The third-order valence-corrected chi connectivity index (χ3v) is 4.84. The molecule has 1 heterocycles. The highest BCUT2D eigenvalue weighted by molar-refractivity contribution is 5.78. The van der Waals surface area contributed by atoms with Crippen LogP contribution in [0.15, 0.2) is 0 Å². The first-order valence-electron chi connectivity index (χ1n) is 8.98. The normalized spacial score (nSPS) is 17.5. The number of carbonyl (C=O) groups excluding carboxylic acids is 1. The number of nitrogens with one attached hydrogen (secondary N) is 2. The fourth-order valence-electron chi connectivity index (χ4n) is 3.68. The van der Waals surface area contributed by atoms with Gasteiger partial charge >= 0.3 is 0 Å². The summed E-state index contributed by atoms with van der Waals surface area (Å²) in [7, 11) is 0. The molecule has 1 saturated carbocycles. The topological polar surface area (TPSA) is 59.0 Å². The zero-order chi connectivity index (χ0) is 17.0. The van der Waals surface area contributed by atoms with Crippen LogP contribution in [-0.2, 0) is 4.79 Å². The van der Waals surface area contributed by atoms with Crippen LogP contribution in [0.3, 0.4) is 0 Å². The van der Waals surface area contributed by atoms with Crippen LogP contribution < -0.4 is 10.6 Å². The van der Waals surface area contributed by atoms with Crippen LogP contribution >= 0.6 is 0 Å². The Bertz CT molecular complexity index is 529. The molecule has 0 aromatic carbocycles. The monoisotopic (exact) mass is 320 g/mol. The van der Waals surface area contributed by atoms with Crippen molar-refractivity contribution >= 4 is 5.91 Å². The Morgan fingerprint density at radius 1 is 1.22 bits per heavy atom. The van der Waals surface area contributed by atoms with E-state index < -0.39 is 0 Å². The molecule has 0 unspecified atom stereocenters. The predicted octanol–water partition coefficient (Wildman–Crippen LogP) is 3.18. The van der Waals surface area contributed by atoms with E-state index in [1.54, 1.807) is 0 Å². The zero-order valence-electron chi connectivity index (χ0n) is 15.3. The van der Waals surface area contributed by atoms with E-state index in [0.717, 1.165) is 18.5 Å². The summed E-state index contributed by atoms with van der Waals surface area (Å²) in [4.78, 5) is 12.1. The third-order valence-electron chi connectivity index (χ3n) is 4.84. The second-order valence-electron chi connectivity index (χ2n) is 7.13. The lowest BCUT2D eigenvalue weighted by Gasteiger charge is -2.23. The van der Waals surface area contributed by atoms with Crippen LogP contribution in [0, 0.1) is 13.8 Å². The highest BCUT2D eigenvalue weighted by atomic mass is 16.2. The van der Waals surface area contributed by atoms with Gasteiger partial charge in [0.2, 0.25) is 5.91 Å². The average molecular weight is 320 g/mol. The molecule has 5 heteroatoms. The highest BCUT2D eigenvalue weighted by Crippen LogP contribution is 2.23. The summed E-state index contributed by atoms with van der Waals surface area (Å²) in [6.07, 6.45) is 6.03. The zero-order valence-corrected chi connectivity index (χ0v) is 15.3. The van der Waals surface area contributed by atoms with Gasteiger partial charge in [-0.05, 0) is 47.5 Å². The van der Waals surface area contributed by atoms with Crippen molar-refractivity contribution < 1.29 is 4.79 Å². The number of hydrogen-bond acceptors (Lipinski definition) is 3. The number of rotatable bonds is 6. The first kappa shape index (κ1) is 18.0. The fraction of sp³-hybridized carbons (Fsp3) is 0.778. The van der Waals surface area contributed by atoms with Crippen molar-refractivity contribution in [1.29, 1.82) is 0 Å². The average Bonchev–Trinajstić information content (AvgIpc) is 2.81. The standard InChI is InChI=1S/C18H32N4O/c1-12(2)22-15(5)18(14(4)21-22)13(3)19-11-17(23)20-16-9-7-6-8-10-16/h12-13,16,19H,6-11H2,1-5H3,(H,20,23)/t13-/m0/s1. The van der Waals surface area contributed by atoms with Crippen molar-refractivity contribution in [2.45, 2.75) is 84.8 Å². The molecule has 130 valence electrons. The number of nitrogens with zero attached hydrogens (tertiary/aromatic N) is 2. The number of hydrogen-bond donors (Lipinski definition) is 2. The van der Waals surface area contributed by atoms with Gasteiger partial charge in [0.15, 0.2) is 0 Å². The molecule has 23 heavy (non-hydrogen) atoms. The van der Waals surface area contributed by atoms with Gasteiger partial charge in [-0.2, -0.15) is 5.10 Å². The van der Waals surface area contributed by atoms with Gasteiger partial charge in [0, 0.05) is 29.4 Å². The number of aryl methyl sites for hydroxylation is 1. The number of amides is 1. The molecule has 1 atom stereocenters. The van der Waals surface area contributed by atoms with Crippen LogP contribution in [0.2, 0.25) is 0 Å². The maximum atomic E-state index is 12.1. The van der Waals surface area contributed by atoms with Crippen molar-refractivity contribution in [1.82, 2.24) is 20.4 Å². The maximum Gasteiger partial charge on any atom is 0.234 e. The van der Waals surface area contributed by atoms with E-state index in [4.69, 9.17) is 0 Å². The van der Waals surface area contributed by atoms with E-state index in [2.05, 4.69) is 48.1 Å². The minimum absolute atomic E-state index is 0.107. The lowest BCUT2D eigenvalue weighted by Crippen LogP contribution is -2.41. The van der Waals surface area contributed by atoms with E-state index >= 15 is 0 Å². The molecule has 0 radical (unpaired) electrons. The van der Waals surface area contributed by atoms with E-state index in [9.17, 15) is 4.79 Å². The molecule has 0 saturated heterocycles. The summed E-state index contributed by atoms with van der Waals surface area (Å²) in [5.74, 6) is 0.107. The van der Waals surface area contributed by atoms with Crippen molar-refractivity contribution in [3.63, 3.8) is 0 Å². The molecule has 1 aromatic heterocycles. The Morgan fingerprint density at radius 3 is 2.43 bits per heavy atom. The van der Waals surface area contributed by atoms with E-state index in [1.807, 2.05) is 6.92 Å². The minimum atomic E-state index is 0.107. The molecule has 1 amide bonds. The second-order valence-corrected chi connectivity index (χ2v) is 7.13. The van der Waals surface area contributed by atoms with Gasteiger partial charge < -0.3 is 10.6 Å². The van der Waals surface area contributed by atoms with Crippen LogP contribution in [0.4, 0.5) is 0 Å². The van der Waals surface area contributed by atoms with Gasteiger partial charge in [0.25, 0.3) is 0 Å². The first-order chi connectivity index (χ1) is 10.9. The largest absolute Gasteiger partial charge is 0.352 e. The fourth-order valence-corrected chi connectivity index (χ4v) is 3.68. The van der Waals surface area contributed by atoms with Gasteiger partial charge in [-0.1, -0.05) is 19.3 Å². The molecule has 0 aliphatic heterocycles. The lowest BCUT2D eigenvalue weighted by molar-refractivity contribution is -0.121. The lowest BCUT2D eigenvalue weighted by atomic mass is 9.95. The molecule has 2 rings (SSSR count). The quantitative estimate of drug-likeness (QED) is 0.846. The summed E-state index contributed by atoms with van der Waals surface area (Å²) in [6, 6.07) is 0.851. The predicted molar refractivity (Wildman–Crippen MR) is 93.5 cm³/mol. The van der Waals surface area contributed by atoms with Gasteiger partial charge in [-0.15, -0.1) is 0 Å². The van der Waals surface area contributed by atoms with Crippen molar-refractivity contribution in [2.24, 2.45) is 0 Å². The van der Waals surface area contributed by atoms with Crippen LogP contribution in [0.5, 0.6) is 0 Å². The van der Waals surface area contributed by atoms with Gasteiger partial charge in [0.1, 0.15) is 0 Å². The molecule has 1 aliphatic rings. The van der Waals surface area contributed by atoms with Crippen molar-refractivity contribution in [3.05, 3.63) is 17.0 Å². The highest BCUT2D eigenvalue weighted by Gasteiger charge is 2.20. The molecule has 0 spiro atoms. The van der Waals surface area contributed by atoms with Crippen molar-refractivity contribution in [3.8, 4) is 0 Å². The van der Waals surface area contributed by atoms with E-state index in [1.165, 1.54) is 30.5 Å². The summed E-state index contributed by atoms with van der Waals surface area (Å²) in [6.45, 7) is 10.9. The van der Waals surface area contributed by atoms with Gasteiger partial charge in [-0.3, -0.25) is 9.48 Å². The van der Waals surface area contributed by atoms with Crippen molar-refractivity contribution in [2.75, 3.05) is 6.54 Å². The summed E-state index contributed by atoms with van der Waals surface area (Å²) in [5.41, 5.74) is 3.44. The molecule has 5 nitrogen and oxygen atoms in total. The first-order valence-corrected chi connectivity index (χ1v) is 8.98.